The van der Waals surface area contributed by atoms with E-state index in [0.717, 1.165) is 31.6 Å². The highest BCUT2D eigenvalue weighted by Gasteiger charge is 2.25. The van der Waals surface area contributed by atoms with E-state index < -0.39 is 0 Å². The molecule has 1 atom stereocenters. The standard InChI is InChI=1S/C14H16ClNO3/c15-14(9-3-5-18-6-4-9)10-1-2-12-11(7-10)16-13(17)8-19-12/h1-2,7,9,14H,3-6,8H2,(H,16,17). The Hall–Kier alpha value is -1.26. The predicted octanol–water partition coefficient (Wildman–Crippen LogP) is 2.72. The summed E-state index contributed by atoms with van der Waals surface area (Å²) in [7, 11) is 0. The molecule has 1 N–H and O–H groups in total. The summed E-state index contributed by atoms with van der Waals surface area (Å²) in [6, 6.07) is 5.77. The number of anilines is 1. The fourth-order valence-electron chi connectivity index (χ4n) is 2.55. The lowest BCUT2D eigenvalue weighted by molar-refractivity contribution is -0.118. The third-order valence-electron chi connectivity index (χ3n) is 3.63. The Balaban J connectivity index is 1.80. The number of hydrogen-bond donors (Lipinski definition) is 1. The first-order chi connectivity index (χ1) is 9.24. The topological polar surface area (TPSA) is 47.6 Å². The molecule has 0 radical (unpaired) electrons. The molecular formula is C14H16ClNO3. The van der Waals surface area contributed by atoms with Crippen LogP contribution in [-0.2, 0) is 9.53 Å². The maximum absolute atomic E-state index is 11.3. The van der Waals surface area contributed by atoms with Crippen molar-refractivity contribution < 1.29 is 14.3 Å². The van der Waals surface area contributed by atoms with Crippen molar-refractivity contribution in [1.29, 1.82) is 0 Å². The molecule has 1 unspecified atom stereocenters. The average Bonchev–Trinajstić information content (AvgIpc) is 2.46. The average molecular weight is 282 g/mol. The minimum absolute atomic E-state index is 0.0481. The molecule has 1 saturated heterocycles. The first-order valence-corrected chi connectivity index (χ1v) is 6.96. The summed E-state index contributed by atoms with van der Waals surface area (Å²) in [5, 5.41) is 2.76. The number of ether oxygens (including phenoxy) is 2. The van der Waals surface area contributed by atoms with Crippen LogP contribution in [0.5, 0.6) is 5.75 Å². The molecule has 1 amide bonds. The van der Waals surface area contributed by atoms with Gasteiger partial charge in [0.25, 0.3) is 5.91 Å². The normalized spacial score (nSPS) is 21.2. The number of alkyl halides is 1. The summed E-state index contributed by atoms with van der Waals surface area (Å²) >= 11 is 6.55. The minimum Gasteiger partial charge on any atom is -0.482 e. The fourth-order valence-corrected chi connectivity index (χ4v) is 2.94. The van der Waals surface area contributed by atoms with Crippen molar-refractivity contribution in [2.24, 2.45) is 5.92 Å². The zero-order valence-electron chi connectivity index (χ0n) is 10.5. The van der Waals surface area contributed by atoms with E-state index in [1.54, 1.807) is 0 Å². The van der Waals surface area contributed by atoms with Crippen LogP contribution in [0.2, 0.25) is 0 Å². The van der Waals surface area contributed by atoms with Crippen LogP contribution in [0.4, 0.5) is 5.69 Å². The molecule has 2 heterocycles. The van der Waals surface area contributed by atoms with Gasteiger partial charge in [0.05, 0.1) is 11.1 Å². The van der Waals surface area contributed by atoms with Crippen LogP contribution in [0.1, 0.15) is 23.8 Å². The molecule has 4 nitrogen and oxygen atoms in total. The third kappa shape index (κ3) is 2.69. The Morgan fingerprint density at radius 3 is 2.89 bits per heavy atom. The number of carbonyl (C=O) groups is 1. The lowest BCUT2D eigenvalue weighted by Crippen LogP contribution is -2.25. The van der Waals surface area contributed by atoms with Gasteiger partial charge in [0.2, 0.25) is 0 Å². The number of hydrogen-bond acceptors (Lipinski definition) is 3. The summed E-state index contributed by atoms with van der Waals surface area (Å²) < 4.78 is 10.7. The molecule has 3 rings (SSSR count). The predicted molar refractivity (Wildman–Crippen MR) is 72.7 cm³/mol. The number of nitrogens with one attached hydrogen (secondary N) is 1. The van der Waals surface area contributed by atoms with Crippen LogP contribution in [0.15, 0.2) is 18.2 Å². The smallest absolute Gasteiger partial charge is 0.262 e. The Kier molecular flexibility index (Phi) is 3.62. The van der Waals surface area contributed by atoms with Crippen LogP contribution in [0.3, 0.4) is 0 Å². The van der Waals surface area contributed by atoms with Gasteiger partial charge in [0, 0.05) is 13.2 Å². The fraction of sp³-hybridized carbons (Fsp3) is 0.500. The number of rotatable bonds is 2. The van der Waals surface area contributed by atoms with Gasteiger partial charge in [-0.2, -0.15) is 0 Å². The number of fused-ring (bicyclic) bond motifs is 1. The Morgan fingerprint density at radius 1 is 1.32 bits per heavy atom. The van der Waals surface area contributed by atoms with E-state index in [-0.39, 0.29) is 17.9 Å². The Labute approximate surface area is 117 Å². The van der Waals surface area contributed by atoms with Gasteiger partial charge in [-0.1, -0.05) is 6.07 Å². The van der Waals surface area contributed by atoms with Gasteiger partial charge < -0.3 is 14.8 Å². The second kappa shape index (κ2) is 5.39. The highest BCUT2D eigenvalue weighted by Crippen LogP contribution is 2.38. The molecule has 102 valence electrons. The van der Waals surface area contributed by atoms with Gasteiger partial charge in [-0.15, -0.1) is 11.6 Å². The molecule has 5 heteroatoms. The van der Waals surface area contributed by atoms with E-state index in [1.807, 2.05) is 18.2 Å². The number of halogens is 1. The Bertz CT molecular complexity index is 486. The van der Waals surface area contributed by atoms with Crippen molar-refractivity contribution in [2.75, 3.05) is 25.1 Å². The second-order valence-electron chi connectivity index (χ2n) is 4.94. The first-order valence-electron chi connectivity index (χ1n) is 6.52. The van der Waals surface area contributed by atoms with E-state index in [1.165, 1.54) is 0 Å². The molecule has 2 aliphatic heterocycles. The van der Waals surface area contributed by atoms with Crippen LogP contribution in [0.25, 0.3) is 0 Å². The Morgan fingerprint density at radius 2 is 2.11 bits per heavy atom. The van der Waals surface area contributed by atoms with Crippen molar-refractivity contribution in [3.05, 3.63) is 23.8 Å². The van der Waals surface area contributed by atoms with E-state index in [9.17, 15) is 4.79 Å². The molecule has 0 spiro atoms. The van der Waals surface area contributed by atoms with Gasteiger partial charge in [0.15, 0.2) is 6.61 Å². The van der Waals surface area contributed by atoms with E-state index in [0.29, 0.717) is 17.4 Å². The maximum Gasteiger partial charge on any atom is 0.262 e. The summed E-state index contributed by atoms with van der Waals surface area (Å²) in [6.45, 7) is 1.63. The minimum atomic E-state index is -0.123. The van der Waals surface area contributed by atoms with Crippen LogP contribution in [0, 0.1) is 5.92 Å². The molecule has 1 aromatic carbocycles. The van der Waals surface area contributed by atoms with Gasteiger partial charge >= 0.3 is 0 Å². The van der Waals surface area contributed by atoms with E-state index in [2.05, 4.69) is 5.32 Å². The molecule has 0 bridgehead atoms. The van der Waals surface area contributed by atoms with Crippen LogP contribution < -0.4 is 10.1 Å². The van der Waals surface area contributed by atoms with Crippen molar-refractivity contribution >= 4 is 23.2 Å². The van der Waals surface area contributed by atoms with Gasteiger partial charge in [-0.3, -0.25) is 4.79 Å². The summed E-state index contributed by atoms with van der Waals surface area (Å²) in [5.74, 6) is 1.01. The van der Waals surface area contributed by atoms with Crippen molar-refractivity contribution in [3.63, 3.8) is 0 Å². The largest absolute Gasteiger partial charge is 0.482 e. The van der Waals surface area contributed by atoms with Gasteiger partial charge in [0.1, 0.15) is 5.75 Å². The molecular weight excluding hydrogens is 266 g/mol. The molecule has 19 heavy (non-hydrogen) atoms. The molecule has 0 saturated carbocycles. The molecule has 0 aromatic heterocycles. The molecule has 1 fully saturated rings. The second-order valence-corrected chi connectivity index (χ2v) is 5.41. The van der Waals surface area contributed by atoms with Crippen LogP contribution >= 0.6 is 11.6 Å². The number of benzene rings is 1. The molecule has 2 aliphatic rings. The lowest BCUT2D eigenvalue weighted by atomic mass is 9.91. The van der Waals surface area contributed by atoms with Crippen molar-refractivity contribution in [1.82, 2.24) is 0 Å². The summed E-state index contributed by atoms with van der Waals surface area (Å²) in [5.41, 5.74) is 1.74. The first kappa shape index (κ1) is 12.8. The maximum atomic E-state index is 11.3. The molecule has 0 aliphatic carbocycles. The van der Waals surface area contributed by atoms with Crippen molar-refractivity contribution in [3.8, 4) is 5.75 Å². The molecule has 1 aromatic rings. The number of carbonyl (C=O) groups excluding carboxylic acids is 1. The highest BCUT2D eigenvalue weighted by atomic mass is 35.5. The summed E-state index contributed by atoms with van der Waals surface area (Å²) in [4.78, 5) is 11.3. The zero-order chi connectivity index (χ0) is 13.2. The van der Waals surface area contributed by atoms with Crippen LogP contribution in [-0.4, -0.2) is 25.7 Å². The highest BCUT2D eigenvalue weighted by molar-refractivity contribution is 6.21. The lowest BCUT2D eigenvalue weighted by Gasteiger charge is -2.27. The quantitative estimate of drug-likeness (QED) is 0.848. The third-order valence-corrected chi connectivity index (χ3v) is 4.24. The van der Waals surface area contributed by atoms with E-state index in [4.69, 9.17) is 21.1 Å². The monoisotopic (exact) mass is 281 g/mol. The zero-order valence-corrected chi connectivity index (χ0v) is 11.3. The van der Waals surface area contributed by atoms with Crippen molar-refractivity contribution in [2.45, 2.75) is 18.2 Å². The summed E-state index contributed by atoms with van der Waals surface area (Å²) in [6.07, 6.45) is 1.96. The SMILES string of the molecule is O=C1COc2ccc(C(Cl)C3CCOCC3)cc2N1. The van der Waals surface area contributed by atoms with Gasteiger partial charge in [-0.25, -0.2) is 0 Å². The van der Waals surface area contributed by atoms with E-state index >= 15 is 0 Å². The van der Waals surface area contributed by atoms with Gasteiger partial charge in [-0.05, 0) is 36.5 Å². The number of amides is 1.